The SMILES string of the molecule is C=CCNCc1c(C(=O)[C@@H](N)CCCCN)ccc2ccccc12. The van der Waals surface area contributed by atoms with Crippen molar-refractivity contribution in [3.8, 4) is 0 Å². The molecule has 0 aromatic heterocycles. The first kappa shape index (κ1) is 18.3. The van der Waals surface area contributed by atoms with E-state index in [-0.39, 0.29) is 5.78 Å². The molecule has 0 bridgehead atoms. The molecule has 0 aliphatic heterocycles. The van der Waals surface area contributed by atoms with Crippen LogP contribution in [0.2, 0.25) is 0 Å². The van der Waals surface area contributed by atoms with E-state index in [0.717, 1.165) is 29.2 Å². The van der Waals surface area contributed by atoms with Crippen molar-refractivity contribution in [3.05, 3.63) is 60.2 Å². The van der Waals surface area contributed by atoms with Gasteiger partial charge in [0.2, 0.25) is 0 Å². The maximum absolute atomic E-state index is 12.8. The summed E-state index contributed by atoms with van der Waals surface area (Å²) in [5, 5.41) is 5.52. The molecule has 0 saturated heterocycles. The Hall–Kier alpha value is -2.01. The highest BCUT2D eigenvalue weighted by Crippen LogP contribution is 2.24. The third-order valence-electron chi connectivity index (χ3n) is 4.20. The summed E-state index contributed by atoms with van der Waals surface area (Å²) in [6.45, 7) is 5.66. The molecule has 0 spiro atoms. The van der Waals surface area contributed by atoms with Crippen molar-refractivity contribution < 1.29 is 4.79 Å². The van der Waals surface area contributed by atoms with Crippen molar-refractivity contribution in [2.75, 3.05) is 13.1 Å². The Morgan fingerprint density at radius 3 is 2.75 bits per heavy atom. The van der Waals surface area contributed by atoms with E-state index < -0.39 is 6.04 Å². The van der Waals surface area contributed by atoms with Gasteiger partial charge in [0, 0.05) is 18.7 Å². The Kier molecular flexibility index (Phi) is 7.12. The lowest BCUT2D eigenvalue weighted by molar-refractivity contribution is 0.0955. The van der Waals surface area contributed by atoms with E-state index in [4.69, 9.17) is 11.5 Å². The van der Waals surface area contributed by atoms with Crippen LogP contribution in [0.15, 0.2) is 49.1 Å². The Labute approximate surface area is 143 Å². The van der Waals surface area contributed by atoms with Crippen LogP contribution in [0.1, 0.15) is 35.2 Å². The molecule has 5 N–H and O–H groups in total. The number of fused-ring (bicyclic) bond motifs is 1. The van der Waals surface area contributed by atoms with Crippen LogP contribution < -0.4 is 16.8 Å². The topological polar surface area (TPSA) is 81.1 Å². The van der Waals surface area contributed by atoms with E-state index in [2.05, 4.69) is 24.0 Å². The van der Waals surface area contributed by atoms with Gasteiger partial charge in [-0.3, -0.25) is 4.79 Å². The number of hydrogen-bond donors (Lipinski definition) is 3. The first-order valence-corrected chi connectivity index (χ1v) is 8.51. The highest BCUT2D eigenvalue weighted by molar-refractivity contribution is 6.05. The summed E-state index contributed by atoms with van der Waals surface area (Å²) in [4.78, 5) is 12.8. The van der Waals surface area contributed by atoms with Crippen molar-refractivity contribution >= 4 is 16.6 Å². The lowest BCUT2D eigenvalue weighted by Crippen LogP contribution is -2.32. The fourth-order valence-electron chi connectivity index (χ4n) is 2.90. The van der Waals surface area contributed by atoms with Gasteiger partial charge in [-0.1, -0.05) is 48.9 Å². The predicted molar refractivity (Wildman–Crippen MR) is 101 cm³/mol. The van der Waals surface area contributed by atoms with Gasteiger partial charge in [-0.2, -0.15) is 0 Å². The van der Waals surface area contributed by atoms with Crippen LogP contribution in [0.4, 0.5) is 0 Å². The Morgan fingerprint density at radius 2 is 2.00 bits per heavy atom. The molecule has 24 heavy (non-hydrogen) atoms. The van der Waals surface area contributed by atoms with Gasteiger partial charge in [-0.05, 0) is 35.7 Å². The average molecular weight is 325 g/mol. The molecule has 4 heteroatoms. The van der Waals surface area contributed by atoms with Gasteiger partial charge >= 0.3 is 0 Å². The van der Waals surface area contributed by atoms with Crippen LogP contribution in [0.5, 0.6) is 0 Å². The minimum atomic E-state index is -0.476. The number of nitrogens with two attached hydrogens (primary N) is 2. The van der Waals surface area contributed by atoms with Gasteiger partial charge < -0.3 is 16.8 Å². The van der Waals surface area contributed by atoms with E-state index in [1.165, 1.54) is 0 Å². The number of nitrogens with one attached hydrogen (secondary N) is 1. The van der Waals surface area contributed by atoms with E-state index in [9.17, 15) is 4.79 Å². The van der Waals surface area contributed by atoms with E-state index in [0.29, 0.717) is 31.6 Å². The summed E-state index contributed by atoms with van der Waals surface area (Å²) in [7, 11) is 0. The second-order valence-electron chi connectivity index (χ2n) is 5.99. The summed E-state index contributed by atoms with van der Waals surface area (Å²) >= 11 is 0. The molecule has 0 heterocycles. The third-order valence-corrected chi connectivity index (χ3v) is 4.20. The van der Waals surface area contributed by atoms with Crippen molar-refractivity contribution in [3.63, 3.8) is 0 Å². The number of carbonyl (C=O) groups excluding carboxylic acids is 1. The number of carbonyl (C=O) groups is 1. The zero-order valence-electron chi connectivity index (χ0n) is 14.1. The van der Waals surface area contributed by atoms with Crippen molar-refractivity contribution in [1.29, 1.82) is 0 Å². The van der Waals surface area contributed by atoms with Crippen LogP contribution in [-0.2, 0) is 6.54 Å². The van der Waals surface area contributed by atoms with Gasteiger partial charge in [0.15, 0.2) is 5.78 Å². The molecule has 128 valence electrons. The molecule has 0 aliphatic carbocycles. The molecule has 0 unspecified atom stereocenters. The van der Waals surface area contributed by atoms with Crippen LogP contribution in [0, 0.1) is 0 Å². The second-order valence-corrected chi connectivity index (χ2v) is 5.99. The second kappa shape index (κ2) is 9.33. The molecule has 2 aromatic carbocycles. The number of unbranched alkanes of at least 4 members (excludes halogenated alkanes) is 1. The smallest absolute Gasteiger partial charge is 0.179 e. The van der Waals surface area contributed by atoms with Crippen molar-refractivity contribution in [2.45, 2.75) is 31.8 Å². The molecule has 2 aromatic rings. The van der Waals surface area contributed by atoms with E-state index in [1.54, 1.807) is 0 Å². The number of ketones is 1. The quantitative estimate of drug-likeness (QED) is 0.356. The molecule has 4 nitrogen and oxygen atoms in total. The monoisotopic (exact) mass is 325 g/mol. The van der Waals surface area contributed by atoms with Gasteiger partial charge in [0.05, 0.1) is 6.04 Å². The molecule has 0 saturated carbocycles. The highest BCUT2D eigenvalue weighted by atomic mass is 16.1. The molecular formula is C20H27N3O. The Balaban J connectivity index is 2.31. The van der Waals surface area contributed by atoms with E-state index >= 15 is 0 Å². The molecule has 0 aliphatic rings. The molecular weight excluding hydrogens is 298 g/mol. The summed E-state index contributed by atoms with van der Waals surface area (Å²) in [6, 6.07) is 11.5. The third kappa shape index (κ3) is 4.51. The van der Waals surface area contributed by atoms with Crippen molar-refractivity contribution in [2.24, 2.45) is 11.5 Å². The number of Topliss-reactive ketones (excluding diaryl/α,β-unsaturated/α-hetero) is 1. The van der Waals surface area contributed by atoms with Gasteiger partial charge in [-0.15, -0.1) is 6.58 Å². The summed E-state index contributed by atoms with van der Waals surface area (Å²) < 4.78 is 0. The van der Waals surface area contributed by atoms with Gasteiger partial charge in [-0.25, -0.2) is 0 Å². The van der Waals surface area contributed by atoms with Crippen LogP contribution in [0.3, 0.4) is 0 Å². The normalized spacial score (nSPS) is 12.2. The Morgan fingerprint density at radius 1 is 1.21 bits per heavy atom. The molecule has 1 atom stereocenters. The highest BCUT2D eigenvalue weighted by Gasteiger charge is 2.19. The van der Waals surface area contributed by atoms with Gasteiger partial charge in [0.1, 0.15) is 0 Å². The summed E-state index contributed by atoms with van der Waals surface area (Å²) in [5.41, 5.74) is 13.4. The molecule has 2 rings (SSSR count). The maximum atomic E-state index is 12.8. The zero-order chi connectivity index (χ0) is 17.4. The first-order valence-electron chi connectivity index (χ1n) is 8.51. The predicted octanol–water partition coefficient (Wildman–Crippen LogP) is 2.75. The number of benzene rings is 2. The fraction of sp³-hybridized carbons (Fsp3) is 0.350. The van der Waals surface area contributed by atoms with Gasteiger partial charge in [0.25, 0.3) is 0 Å². The zero-order valence-corrected chi connectivity index (χ0v) is 14.1. The molecule has 0 amide bonds. The van der Waals surface area contributed by atoms with Crippen LogP contribution in [0.25, 0.3) is 10.8 Å². The lowest BCUT2D eigenvalue weighted by atomic mass is 9.92. The largest absolute Gasteiger partial charge is 0.330 e. The Bertz CT molecular complexity index is 696. The summed E-state index contributed by atoms with van der Waals surface area (Å²) in [6.07, 6.45) is 4.25. The standard InChI is InChI=1S/C20H27N3O/c1-2-13-23-14-18-16-8-4-3-7-15(16)10-11-17(18)20(24)19(22)9-5-6-12-21/h2-4,7-8,10-11,19,23H,1,5-6,9,12-14,21-22H2/t19-/m0/s1. The minimum Gasteiger partial charge on any atom is -0.330 e. The fourth-order valence-corrected chi connectivity index (χ4v) is 2.90. The number of rotatable bonds is 10. The van der Waals surface area contributed by atoms with Crippen LogP contribution in [-0.4, -0.2) is 24.9 Å². The van der Waals surface area contributed by atoms with Crippen molar-refractivity contribution in [1.82, 2.24) is 5.32 Å². The molecule has 0 fully saturated rings. The lowest BCUT2D eigenvalue weighted by Gasteiger charge is -2.16. The molecule has 0 radical (unpaired) electrons. The minimum absolute atomic E-state index is 0.00757. The van der Waals surface area contributed by atoms with Crippen LogP contribution >= 0.6 is 0 Å². The summed E-state index contributed by atoms with van der Waals surface area (Å²) in [5.74, 6) is 0.00757. The average Bonchev–Trinajstić information content (AvgIpc) is 2.61. The maximum Gasteiger partial charge on any atom is 0.179 e. The first-order chi connectivity index (χ1) is 11.7. The van der Waals surface area contributed by atoms with E-state index in [1.807, 2.05) is 30.3 Å². The number of hydrogen-bond acceptors (Lipinski definition) is 4.